The SMILES string of the molecule is COCC1=C2[C@@H](CC/C(C)=C/c3cccc(O)c3)OB(O)C[C@@H]2[C@@H]2C(=O)N(c3cccc(B(O)O)c3)C(=O)[C@@H]2C1. The Balaban J connectivity index is 1.43. The van der Waals surface area contributed by atoms with Crippen molar-refractivity contribution in [1.29, 1.82) is 0 Å². The van der Waals surface area contributed by atoms with Crippen LogP contribution in [0.25, 0.3) is 6.08 Å². The molecule has 0 aromatic heterocycles. The number of ether oxygens (including phenoxy) is 1. The lowest BCUT2D eigenvalue weighted by Gasteiger charge is -2.43. The number of hydrogen-bond donors (Lipinski definition) is 4. The van der Waals surface area contributed by atoms with Crippen LogP contribution < -0.4 is 10.4 Å². The van der Waals surface area contributed by atoms with Crippen LogP contribution >= 0.6 is 0 Å². The van der Waals surface area contributed by atoms with Crippen LogP contribution in [0.2, 0.25) is 6.32 Å². The zero-order chi connectivity index (χ0) is 28.6. The molecular formula is C29H33B2NO8. The largest absolute Gasteiger partial charge is 0.508 e. The lowest BCUT2D eigenvalue weighted by Crippen LogP contribution is -2.46. The Morgan fingerprint density at radius 2 is 1.93 bits per heavy atom. The van der Waals surface area contributed by atoms with Gasteiger partial charge in [0.05, 0.1) is 30.2 Å². The summed E-state index contributed by atoms with van der Waals surface area (Å²) in [5.41, 5.74) is 4.28. The molecule has 2 fully saturated rings. The van der Waals surface area contributed by atoms with Crippen LogP contribution in [0.5, 0.6) is 5.75 Å². The number of aromatic hydroxyl groups is 1. The number of rotatable bonds is 8. The van der Waals surface area contributed by atoms with Gasteiger partial charge in [-0.2, -0.15) is 0 Å². The maximum atomic E-state index is 13.8. The van der Waals surface area contributed by atoms with Crippen molar-refractivity contribution >= 4 is 43.3 Å². The average Bonchev–Trinajstić information content (AvgIpc) is 3.16. The number of carbonyl (C=O) groups excluding carboxylic acids is 2. The first kappa shape index (κ1) is 28.3. The summed E-state index contributed by atoms with van der Waals surface area (Å²) < 4.78 is 11.5. The van der Waals surface area contributed by atoms with Crippen LogP contribution in [0.1, 0.15) is 31.7 Å². The molecule has 4 N–H and O–H groups in total. The van der Waals surface area contributed by atoms with E-state index in [4.69, 9.17) is 9.39 Å². The number of carbonyl (C=O) groups is 2. The van der Waals surface area contributed by atoms with E-state index >= 15 is 0 Å². The monoisotopic (exact) mass is 545 g/mol. The molecule has 40 heavy (non-hydrogen) atoms. The minimum absolute atomic E-state index is 0.183. The predicted molar refractivity (Wildman–Crippen MR) is 151 cm³/mol. The molecule has 2 aromatic carbocycles. The highest BCUT2D eigenvalue weighted by atomic mass is 16.5. The summed E-state index contributed by atoms with van der Waals surface area (Å²) in [7, 11) is -1.22. The van der Waals surface area contributed by atoms with Gasteiger partial charge in [0.15, 0.2) is 0 Å². The standard InChI is InChI=1S/C29H33B2NO8/c1-17(11-18-5-3-8-22(33)12-18)9-10-25-26-19(16-39-2)13-23-27(24(26)15-30(36)40-25)29(35)32(28(23)34)21-7-4-6-20(14-21)31(37)38/h3-8,11-12,14,23-25,27,33,36-38H,9-10,13,15-16H2,1-2H3/b17-11+/t23-,24+,25-,27-/m1/s1. The van der Waals surface area contributed by atoms with Gasteiger partial charge >= 0.3 is 14.2 Å². The quantitative estimate of drug-likeness (QED) is 0.225. The third kappa shape index (κ3) is 5.53. The highest BCUT2D eigenvalue weighted by molar-refractivity contribution is 6.58. The predicted octanol–water partition coefficient (Wildman–Crippen LogP) is 1.90. The molecular weight excluding hydrogens is 512 g/mol. The van der Waals surface area contributed by atoms with Gasteiger partial charge < -0.3 is 29.6 Å². The number of allylic oxidation sites excluding steroid dienone is 1. The second kappa shape index (κ2) is 11.7. The Labute approximate surface area is 234 Å². The molecule has 0 radical (unpaired) electrons. The van der Waals surface area contributed by atoms with E-state index < -0.39 is 32.2 Å². The Bertz CT molecular complexity index is 1360. The fourth-order valence-corrected chi connectivity index (χ4v) is 6.48. The Morgan fingerprint density at radius 3 is 2.65 bits per heavy atom. The zero-order valence-electron chi connectivity index (χ0n) is 22.6. The summed E-state index contributed by atoms with van der Waals surface area (Å²) in [6.07, 6.45) is 3.32. The molecule has 3 aliphatic rings. The van der Waals surface area contributed by atoms with Crippen molar-refractivity contribution in [1.82, 2.24) is 0 Å². The van der Waals surface area contributed by atoms with E-state index in [-0.39, 0.29) is 41.9 Å². The van der Waals surface area contributed by atoms with Gasteiger partial charge in [0.25, 0.3) is 0 Å². The number of phenolic OH excluding ortho intramolecular Hbond substituents is 1. The number of methoxy groups -OCH3 is 1. The molecule has 2 heterocycles. The molecule has 4 atom stereocenters. The maximum Gasteiger partial charge on any atom is 0.488 e. The molecule has 11 heteroatoms. The number of anilines is 1. The normalized spacial score (nSPS) is 24.9. The van der Waals surface area contributed by atoms with E-state index in [1.807, 2.05) is 19.1 Å². The molecule has 2 aromatic rings. The van der Waals surface area contributed by atoms with E-state index in [1.165, 1.54) is 12.1 Å². The Kier molecular flexibility index (Phi) is 8.30. The smallest absolute Gasteiger partial charge is 0.488 e. The molecule has 5 rings (SSSR count). The fraction of sp³-hybridized carbons (Fsp3) is 0.379. The van der Waals surface area contributed by atoms with Crippen molar-refractivity contribution in [3.8, 4) is 5.75 Å². The number of fused-ring (bicyclic) bond motifs is 3. The van der Waals surface area contributed by atoms with E-state index in [0.717, 1.165) is 27.2 Å². The van der Waals surface area contributed by atoms with Gasteiger partial charge in [-0.1, -0.05) is 35.9 Å². The number of hydrogen-bond acceptors (Lipinski definition) is 8. The van der Waals surface area contributed by atoms with Crippen LogP contribution in [0.15, 0.2) is 65.3 Å². The molecule has 2 amide bonds. The first-order valence-corrected chi connectivity index (χ1v) is 13.5. The third-order valence-electron chi connectivity index (χ3n) is 8.14. The summed E-state index contributed by atoms with van der Waals surface area (Å²) in [5.74, 6) is -2.15. The van der Waals surface area contributed by atoms with Crippen LogP contribution in [-0.2, 0) is 19.0 Å². The van der Waals surface area contributed by atoms with Crippen molar-refractivity contribution < 1.29 is 39.2 Å². The van der Waals surface area contributed by atoms with E-state index in [1.54, 1.807) is 37.4 Å². The van der Waals surface area contributed by atoms with Crippen molar-refractivity contribution in [2.75, 3.05) is 18.6 Å². The second-order valence-corrected chi connectivity index (χ2v) is 10.9. The fourth-order valence-electron chi connectivity index (χ4n) is 6.48. The van der Waals surface area contributed by atoms with Gasteiger partial charge in [-0.25, -0.2) is 0 Å². The van der Waals surface area contributed by atoms with Gasteiger partial charge in [0, 0.05) is 7.11 Å². The Morgan fingerprint density at radius 1 is 1.15 bits per heavy atom. The number of amides is 2. The second-order valence-electron chi connectivity index (χ2n) is 10.9. The van der Waals surface area contributed by atoms with Gasteiger partial charge in [0.1, 0.15) is 5.75 Å². The van der Waals surface area contributed by atoms with Crippen LogP contribution in [0.3, 0.4) is 0 Å². The highest BCUT2D eigenvalue weighted by Gasteiger charge is 2.57. The van der Waals surface area contributed by atoms with E-state index in [2.05, 4.69) is 0 Å². The summed E-state index contributed by atoms with van der Waals surface area (Å²) >= 11 is 0. The van der Waals surface area contributed by atoms with Crippen molar-refractivity contribution in [2.24, 2.45) is 17.8 Å². The number of phenols is 1. The zero-order valence-corrected chi connectivity index (χ0v) is 22.6. The first-order valence-electron chi connectivity index (χ1n) is 13.5. The average molecular weight is 545 g/mol. The summed E-state index contributed by atoms with van der Waals surface area (Å²) in [6.45, 7) is 2.29. The minimum atomic E-state index is -1.73. The molecule has 0 unspecified atom stereocenters. The first-order chi connectivity index (χ1) is 19.2. The minimum Gasteiger partial charge on any atom is -0.508 e. The summed E-state index contributed by atoms with van der Waals surface area (Å²) in [5, 5.41) is 39.7. The van der Waals surface area contributed by atoms with Gasteiger partial charge in [0.2, 0.25) is 11.8 Å². The molecule has 9 nitrogen and oxygen atoms in total. The Hall–Kier alpha value is -3.21. The molecule has 2 aliphatic heterocycles. The molecule has 1 aliphatic carbocycles. The molecule has 208 valence electrons. The highest BCUT2D eigenvalue weighted by Crippen LogP contribution is 2.51. The van der Waals surface area contributed by atoms with Crippen LogP contribution in [0.4, 0.5) is 5.69 Å². The lowest BCUT2D eigenvalue weighted by molar-refractivity contribution is -0.122. The molecule has 2 saturated heterocycles. The lowest BCUT2D eigenvalue weighted by atomic mass is 9.58. The molecule has 0 spiro atoms. The van der Waals surface area contributed by atoms with Gasteiger partial charge in [-0.15, -0.1) is 0 Å². The number of imide groups is 1. The van der Waals surface area contributed by atoms with Gasteiger partial charge in [-0.05, 0) is 84.9 Å². The molecule has 0 bridgehead atoms. The van der Waals surface area contributed by atoms with E-state index in [9.17, 15) is 29.8 Å². The van der Waals surface area contributed by atoms with Crippen molar-refractivity contribution in [3.05, 3.63) is 70.8 Å². The third-order valence-corrected chi connectivity index (χ3v) is 8.14. The van der Waals surface area contributed by atoms with Crippen molar-refractivity contribution in [2.45, 2.75) is 38.6 Å². The summed E-state index contributed by atoms with van der Waals surface area (Å²) in [4.78, 5) is 28.6. The van der Waals surface area contributed by atoms with E-state index in [0.29, 0.717) is 24.9 Å². The van der Waals surface area contributed by atoms with Crippen LogP contribution in [0, 0.1) is 17.8 Å². The topological polar surface area (TPSA) is 137 Å². The summed E-state index contributed by atoms with van der Waals surface area (Å²) in [6, 6.07) is 13.1. The molecule has 0 saturated carbocycles. The van der Waals surface area contributed by atoms with Crippen LogP contribution in [-0.4, -0.2) is 66.1 Å². The van der Waals surface area contributed by atoms with Crippen molar-refractivity contribution in [3.63, 3.8) is 0 Å². The van der Waals surface area contributed by atoms with Gasteiger partial charge in [-0.3, -0.25) is 14.5 Å². The number of benzene rings is 2. The maximum absolute atomic E-state index is 13.8. The number of nitrogens with zero attached hydrogens (tertiary/aromatic N) is 1.